The molecule has 4 aromatic carbocycles. The molecule has 3 aromatic heterocycles. The number of nitrogens with zero attached hydrogens (tertiary/aromatic N) is 2. The smallest absolute Gasteiger partial charge is 0.109 e. The first kappa shape index (κ1) is 20.6. The van der Waals surface area contributed by atoms with Gasteiger partial charge in [-0.3, -0.25) is 0 Å². The molecule has 0 aliphatic rings. The van der Waals surface area contributed by atoms with Crippen molar-refractivity contribution >= 4 is 64.4 Å². The minimum absolute atomic E-state index is 0. The predicted molar refractivity (Wildman–Crippen MR) is 138 cm³/mol. The molecular formula is C28H15IrN2S2-. The largest absolute Gasteiger partial charge is 0.206 e. The van der Waals surface area contributed by atoms with Crippen LogP contribution in [0.2, 0.25) is 0 Å². The van der Waals surface area contributed by atoms with Gasteiger partial charge in [0.1, 0.15) is 5.69 Å². The molecule has 0 spiro atoms. The zero-order chi connectivity index (χ0) is 21.1. The predicted octanol–water partition coefficient (Wildman–Crippen LogP) is 8.34. The van der Waals surface area contributed by atoms with Crippen LogP contribution in [0.4, 0.5) is 0 Å². The summed E-state index contributed by atoms with van der Waals surface area (Å²) in [4.78, 5) is 2.17. The van der Waals surface area contributed by atoms with Gasteiger partial charge in [-0.15, -0.1) is 34.9 Å². The molecule has 0 fully saturated rings. The molecule has 7 rings (SSSR count). The van der Waals surface area contributed by atoms with Gasteiger partial charge >= 0.3 is 0 Å². The van der Waals surface area contributed by atoms with E-state index >= 15 is 0 Å². The van der Waals surface area contributed by atoms with E-state index in [1.165, 1.54) is 25.6 Å². The van der Waals surface area contributed by atoms with Gasteiger partial charge in [0.25, 0.3) is 0 Å². The van der Waals surface area contributed by atoms with E-state index in [4.69, 9.17) is 10.2 Å². The summed E-state index contributed by atoms with van der Waals surface area (Å²) < 4.78 is 2.48. The number of aromatic nitrogens is 2. The average molecular weight is 636 g/mol. The van der Waals surface area contributed by atoms with Crippen LogP contribution in [0.1, 0.15) is 0 Å². The first-order valence-corrected chi connectivity index (χ1v) is 12.1. The van der Waals surface area contributed by atoms with E-state index in [0.29, 0.717) is 0 Å². The second-order valence-corrected chi connectivity index (χ2v) is 9.98. The summed E-state index contributed by atoms with van der Waals surface area (Å²) in [7, 11) is 0. The van der Waals surface area contributed by atoms with Crippen LogP contribution in [0.5, 0.6) is 0 Å². The van der Waals surface area contributed by atoms with Crippen LogP contribution >= 0.6 is 22.7 Å². The Morgan fingerprint density at radius 2 is 1.18 bits per heavy atom. The van der Waals surface area contributed by atoms with Crippen molar-refractivity contribution in [2.24, 2.45) is 0 Å². The van der Waals surface area contributed by atoms with Crippen molar-refractivity contribution in [3.63, 3.8) is 0 Å². The molecule has 0 aliphatic carbocycles. The van der Waals surface area contributed by atoms with E-state index in [2.05, 4.69) is 97.1 Å². The van der Waals surface area contributed by atoms with E-state index in [1.54, 1.807) is 22.7 Å². The molecule has 0 atom stereocenters. The summed E-state index contributed by atoms with van der Waals surface area (Å²) in [6.45, 7) is 0. The minimum atomic E-state index is 0. The fraction of sp³-hybridized carbons (Fsp3) is 0. The van der Waals surface area contributed by atoms with E-state index in [9.17, 15) is 0 Å². The van der Waals surface area contributed by atoms with Crippen molar-refractivity contribution in [1.82, 2.24) is 10.2 Å². The van der Waals surface area contributed by atoms with Gasteiger partial charge in [0.15, 0.2) is 0 Å². The molecule has 7 aromatic rings. The Bertz CT molecular complexity index is 1600. The first-order valence-electron chi connectivity index (χ1n) is 10.4. The Morgan fingerprint density at radius 3 is 1.91 bits per heavy atom. The average Bonchev–Trinajstić information content (AvgIpc) is 3.46. The van der Waals surface area contributed by atoms with E-state index in [1.807, 2.05) is 0 Å². The normalized spacial score (nSPS) is 11.4. The molecule has 0 saturated heterocycles. The number of rotatable bonds is 2. The minimum Gasteiger partial charge on any atom is -0.206 e. The quantitative estimate of drug-likeness (QED) is 0.141. The van der Waals surface area contributed by atoms with Gasteiger partial charge in [-0.25, -0.2) is 11.3 Å². The van der Waals surface area contributed by atoms with E-state index < -0.39 is 0 Å². The van der Waals surface area contributed by atoms with Gasteiger partial charge in [-0.1, -0.05) is 60.7 Å². The molecule has 33 heavy (non-hydrogen) atoms. The third-order valence-electron chi connectivity index (χ3n) is 5.87. The molecule has 0 unspecified atom stereocenters. The maximum Gasteiger partial charge on any atom is 0.109 e. The molecule has 5 heteroatoms. The van der Waals surface area contributed by atoms with Crippen LogP contribution in [0.25, 0.3) is 62.9 Å². The summed E-state index contributed by atoms with van der Waals surface area (Å²) in [6, 6.07) is 35.6. The first-order chi connectivity index (χ1) is 15.8. The number of benzene rings is 4. The van der Waals surface area contributed by atoms with Gasteiger partial charge in [0.05, 0.1) is 4.88 Å². The standard InChI is InChI=1S/C28H15N2S2.Ir/c1-2-8-18-14-22-21(13-17(18)7-1)27(25-15-19-9-3-5-11-23(19)31-25)29-30-28(22)26-16-20-10-4-6-12-24(20)32-26;/h1-15H;/q-1;. The number of thiophene rings is 2. The molecule has 159 valence electrons. The summed E-state index contributed by atoms with van der Waals surface area (Å²) in [5.74, 6) is 0. The maximum absolute atomic E-state index is 4.77. The van der Waals surface area contributed by atoms with Crippen LogP contribution in [0.15, 0.2) is 91.0 Å². The van der Waals surface area contributed by atoms with Gasteiger partial charge in [0.2, 0.25) is 0 Å². The van der Waals surface area contributed by atoms with Crippen molar-refractivity contribution in [3.8, 4) is 21.1 Å². The molecule has 0 aliphatic heterocycles. The third kappa shape index (κ3) is 3.40. The fourth-order valence-electron chi connectivity index (χ4n) is 4.31. The zero-order valence-corrected chi connectivity index (χ0v) is 21.2. The van der Waals surface area contributed by atoms with Crippen LogP contribution in [0, 0.1) is 6.07 Å². The van der Waals surface area contributed by atoms with Crippen LogP contribution in [0.3, 0.4) is 0 Å². The molecule has 2 nitrogen and oxygen atoms in total. The second-order valence-electron chi connectivity index (χ2n) is 7.84. The monoisotopic (exact) mass is 636 g/mol. The Kier molecular flexibility index (Phi) is 5.08. The van der Waals surface area contributed by atoms with Crippen molar-refractivity contribution in [2.75, 3.05) is 0 Å². The maximum atomic E-state index is 4.77. The Balaban J connectivity index is 0.00000206. The van der Waals surface area contributed by atoms with E-state index in [0.717, 1.165) is 37.3 Å². The Morgan fingerprint density at radius 1 is 0.576 bits per heavy atom. The summed E-state index contributed by atoms with van der Waals surface area (Å²) >= 11 is 3.49. The molecule has 1 radical (unpaired) electrons. The van der Waals surface area contributed by atoms with Crippen LogP contribution < -0.4 is 0 Å². The van der Waals surface area contributed by atoms with Crippen molar-refractivity contribution < 1.29 is 20.1 Å². The zero-order valence-electron chi connectivity index (χ0n) is 17.2. The third-order valence-corrected chi connectivity index (χ3v) is 8.07. The van der Waals surface area contributed by atoms with Crippen molar-refractivity contribution in [3.05, 3.63) is 97.1 Å². The van der Waals surface area contributed by atoms with Crippen LogP contribution in [-0.4, -0.2) is 10.2 Å². The molecule has 0 bridgehead atoms. The molecule has 3 heterocycles. The Labute approximate surface area is 211 Å². The molecule has 0 amide bonds. The van der Waals surface area contributed by atoms with Crippen molar-refractivity contribution in [2.45, 2.75) is 0 Å². The summed E-state index contributed by atoms with van der Waals surface area (Å²) in [5.41, 5.74) is 1.84. The summed E-state index contributed by atoms with van der Waals surface area (Å²) in [5, 5.41) is 16.6. The summed E-state index contributed by atoms with van der Waals surface area (Å²) in [6.07, 6.45) is 0. The van der Waals surface area contributed by atoms with Gasteiger partial charge in [-0.05, 0) is 49.3 Å². The second kappa shape index (κ2) is 8.12. The van der Waals surface area contributed by atoms with Gasteiger partial charge < -0.3 is 0 Å². The number of hydrogen-bond donors (Lipinski definition) is 0. The van der Waals surface area contributed by atoms with Crippen LogP contribution in [-0.2, 0) is 20.1 Å². The van der Waals surface area contributed by atoms with Gasteiger partial charge in [0, 0.05) is 35.9 Å². The van der Waals surface area contributed by atoms with Crippen molar-refractivity contribution in [1.29, 1.82) is 0 Å². The topological polar surface area (TPSA) is 25.8 Å². The number of hydrogen-bond acceptors (Lipinski definition) is 4. The fourth-order valence-corrected chi connectivity index (χ4v) is 6.38. The van der Waals surface area contributed by atoms with E-state index in [-0.39, 0.29) is 20.1 Å². The number of fused-ring (bicyclic) bond motifs is 4. The SMILES string of the molecule is [Ir].[c-]1c(-c2nnc(-c3cc4ccccc4s3)c3cc4ccccc4cc23)sc2ccccc12. The molecular weight excluding hydrogens is 621 g/mol. The molecule has 0 saturated carbocycles. The molecule has 0 N–H and O–H groups in total. The Hall–Kier alpha value is -2.95. The van der Waals surface area contributed by atoms with Gasteiger partial charge in [-0.2, -0.15) is 10.2 Å².